The number of aliphatic hydroxyl groups is 1. The molecule has 4 aromatic rings. The summed E-state index contributed by atoms with van der Waals surface area (Å²) in [5.41, 5.74) is 2.05. The molecule has 11 heteroatoms. The highest BCUT2D eigenvalue weighted by Gasteiger charge is 2.48. The fraction of sp³-hybridized carbons (Fsp3) is 0.273. The second-order valence-corrected chi connectivity index (χ2v) is 12.5. The number of amides is 1. The summed E-state index contributed by atoms with van der Waals surface area (Å²) in [4.78, 5) is 28.6. The van der Waals surface area contributed by atoms with Gasteiger partial charge < -0.3 is 19.3 Å². The van der Waals surface area contributed by atoms with Crippen molar-refractivity contribution in [3.05, 3.63) is 95.1 Å². The van der Waals surface area contributed by atoms with Crippen molar-refractivity contribution in [1.29, 1.82) is 0 Å². The number of thioether (sulfide) groups is 1. The first-order valence-electron chi connectivity index (χ1n) is 14.5. The number of Topliss-reactive ketones (excluding diaryl/α,β-unsaturated/α-hetero) is 1. The highest BCUT2D eigenvalue weighted by atomic mass is 32.2. The second kappa shape index (κ2) is 13.5. The highest BCUT2D eigenvalue weighted by molar-refractivity contribution is 8.00. The molecule has 0 spiro atoms. The number of unbranched alkanes of at least 4 members (excludes halogenated alkanes) is 2. The van der Waals surface area contributed by atoms with Crippen LogP contribution in [-0.2, 0) is 15.3 Å². The topological polar surface area (TPSA) is 111 Å². The maximum atomic E-state index is 13.6. The molecule has 0 radical (unpaired) electrons. The molecule has 0 saturated carbocycles. The van der Waals surface area contributed by atoms with Crippen molar-refractivity contribution in [1.82, 2.24) is 10.2 Å². The molecule has 226 valence electrons. The van der Waals surface area contributed by atoms with Crippen LogP contribution in [0, 0.1) is 0 Å². The van der Waals surface area contributed by atoms with Gasteiger partial charge in [-0.25, -0.2) is 0 Å². The molecule has 1 aromatic heterocycles. The lowest BCUT2D eigenvalue weighted by atomic mass is 9.95. The normalized spacial score (nSPS) is 17.2. The summed E-state index contributed by atoms with van der Waals surface area (Å²) in [5.74, 6) is 0.469. The summed E-state index contributed by atoms with van der Waals surface area (Å²) >= 11 is 2.73. The Labute approximate surface area is 263 Å². The minimum absolute atomic E-state index is 0.0445. The van der Waals surface area contributed by atoms with Gasteiger partial charge in [0.2, 0.25) is 5.13 Å². The smallest absolute Gasteiger partial charge is 0.301 e. The number of hydrogen-bond acceptors (Lipinski definition) is 10. The van der Waals surface area contributed by atoms with Gasteiger partial charge in [-0.3, -0.25) is 14.5 Å². The molecule has 1 N–H and O–H groups in total. The minimum Gasteiger partial charge on any atom is -0.507 e. The molecular weight excluding hydrogens is 599 g/mol. The van der Waals surface area contributed by atoms with Gasteiger partial charge >= 0.3 is 5.91 Å². The van der Waals surface area contributed by atoms with Crippen LogP contribution < -0.4 is 19.1 Å². The van der Waals surface area contributed by atoms with Crippen LogP contribution in [0.4, 0.5) is 5.13 Å². The maximum Gasteiger partial charge on any atom is 0.301 e. The second-order valence-electron chi connectivity index (χ2n) is 10.3. The Bertz CT molecular complexity index is 1670. The van der Waals surface area contributed by atoms with Crippen LogP contribution in [0.25, 0.3) is 5.76 Å². The van der Waals surface area contributed by atoms with E-state index >= 15 is 0 Å². The number of anilines is 1. The first-order chi connectivity index (χ1) is 21.5. The molecule has 1 amide bonds. The molecule has 1 saturated heterocycles. The minimum atomic E-state index is -0.933. The molecule has 6 rings (SSSR count). The number of carbonyl (C=O) groups excluding carboxylic acids is 2. The summed E-state index contributed by atoms with van der Waals surface area (Å²) < 4.78 is 17.8. The van der Waals surface area contributed by atoms with Crippen LogP contribution in [0.3, 0.4) is 0 Å². The molecule has 2 aliphatic rings. The Morgan fingerprint density at radius 1 is 1.00 bits per heavy atom. The van der Waals surface area contributed by atoms with E-state index in [-0.39, 0.29) is 16.5 Å². The van der Waals surface area contributed by atoms with Crippen molar-refractivity contribution in [2.75, 3.05) is 24.7 Å². The lowest BCUT2D eigenvalue weighted by Crippen LogP contribution is -2.29. The van der Waals surface area contributed by atoms with E-state index in [1.165, 1.54) is 28.0 Å². The van der Waals surface area contributed by atoms with Crippen LogP contribution in [0.15, 0.2) is 82.7 Å². The fourth-order valence-electron chi connectivity index (χ4n) is 5.06. The number of ether oxygens (including phenoxy) is 3. The van der Waals surface area contributed by atoms with Crippen molar-refractivity contribution < 1.29 is 28.9 Å². The van der Waals surface area contributed by atoms with Crippen molar-refractivity contribution in [2.24, 2.45) is 0 Å². The van der Waals surface area contributed by atoms with Gasteiger partial charge in [0.1, 0.15) is 24.7 Å². The van der Waals surface area contributed by atoms with Crippen molar-refractivity contribution in [2.45, 2.75) is 42.3 Å². The van der Waals surface area contributed by atoms with Gasteiger partial charge in [-0.1, -0.05) is 85.3 Å². The van der Waals surface area contributed by atoms with E-state index in [9.17, 15) is 14.7 Å². The van der Waals surface area contributed by atoms with Crippen molar-refractivity contribution in [3.63, 3.8) is 0 Å². The number of carbonyl (C=O) groups is 2. The fourth-order valence-corrected chi connectivity index (χ4v) is 6.88. The van der Waals surface area contributed by atoms with Crippen LogP contribution in [-0.4, -0.2) is 46.8 Å². The van der Waals surface area contributed by atoms with Gasteiger partial charge in [0.25, 0.3) is 5.78 Å². The summed E-state index contributed by atoms with van der Waals surface area (Å²) in [6, 6.07) is 21.2. The lowest BCUT2D eigenvalue weighted by molar-refractivity contribution is -0.132. The van der Waals surface area contributed by atoms with Crippen LogP contribution in [0.2, 0.25) is 0 Å². The molecular formula is C33H31N3O6S2. The summed E-state index contributed by atoms with van der Waals surface area (Å²) in [5, 5.41) is 20.4. The SMILES string of the molecule is CCCCCOc1ccc(C2/C(=C(\O)c3ccc4c(c3)OCCO4)C(=O)C(=O)N2c2nnc(SCc3ccccc3)s2)cc1. The molecule has 1 atom stereocenters. The quantitative estimate of drug-likeness (QED) is 0.0478. The first kappa shape index (κ1) is 29.7. The number of ketones is 1. The number of fused-ring (bicyclic) bond motifs is 1. The molecule has 44 heavy (non-hydrogen) atoms. The van der Waals surface area contributed by atoms with E-state index < -0.39 is 17.7 Å². The average Bonchev–Trinajstić information content (AvgIpc) is 3.64. The monoisotopic (exact) mass is 629 g/mol. The van der Waals surface area contributed by atoms with Gasteiger partial charge in [0.05, 0.1) is 18.2 Å². The van der Waals surface area contributed by atoms with E-state index in [4.69, 9.17) is 14.2 Å². The largest absolute Gasteiger partial charge is 0.507 e. The zero-order valence-corrected chi connectivity index (χ0v) is 25.7. The Morgan fingerprint density at radius 2 is 1.77 bits per heavy atom. The Balaban J connectivity index is 1.35. The van der Waals surface area contributed by atoms with E-state index in [0.717, 1.165) is 24.8 Å². The third-order valence-corrected chi connectivity index (χ3v) is 9.41. The van der Waals surface area contributed by atoms with Gasteiger partial charge in [0, 0.05) is 11.3 Å². The predicted octanol–water partition coefficient (Wildman–Crippen LogP) is 6.80. The van der Waals surface area contributed by atoms with E-state index in [0.29, 0.717) is 58.3 Å². The molecule has 1 unspecified atom stereocenters. The van der Waals surface area contributed by atoms with Gasteiger partial charge in [-0.15, -0.1) is 10.2 Å². The van der Waals surface area contributed by atoms with Crippen LogP contribution >= 0.6 is 23.1 Å². The summed E-state index contributed by atoms with van der Waals surface area (Å²) in [7, 11) is 0. The third-order valence-electron chi connectivity index (χ3n) is 7.28. The summed E-state index contributed by atoms with van der Waals surface area (Å²) in [6.07, 6.45) is 3.14. The Hall–Kier alpha value is -4.35. The zero-order chi connectivity index (χ0) is 30.5. The maximum absolute atomic E-state index is 13.6. The zero-order valence-electron chi connectivity index (χ0n) is 24.1. The molecule has 3 aromatic carbocycles. The molecule has 9 nitrogen and oxygen atoms in total. The van der Waals surface area contributed by atoms with Crippen LogP contribution in [0.5, 0.6) is 17.2 Å². The molecule has 2 aliphatic heterocycles. The third kappa shape index (κ3) is 6.29. The van der Waals surface area contributed by atoms with Crippen LogP contribution in [0.1, 0.15) is 48.9 Å². The van der Waals surface area contributed by atoms with Crippen molar-refractivity contribution in [3.8, 4) is 17.2 Å². The molecule has 3 heterocycles. The van der Waals surface area contributed by atoms with E-state index in [2.05, 4.69) is 17.1 Å². The lowest BCUT2D eigenvalue weighted by Gasteiger charge is -2.23. The number of rotatable bonds is 11. The number of aliphatic hydroxyl groups excluding tert-OH is 1. The van der Waals surface area contributed by atoms with Gasteiger partial charge in [-0.05, 0) is 47.9 Å². The average molecular weight is 630 g/mol. The number of benzene rings is 3. The number of aromatic nitrogens is 2. The predicted molar refractivity (Wildman–Crippen MR) is 170 cm³/mol. The summed E-state index contributed by atoms with van der Waals surface area (Å²) in [6.45, 7) is 3.54. The Kier molecular flexibility index (Phi) is 9.13. The van der Waals surface area contributed by atoms with E-state index in [1.54, 1.807) is 18.2 Å². The Morgan fingerprint density at radius 3 is 2.55 bits per heavy atom. The van der Waals surface area contributed by atoms with Crippen molar-refractivity contribution >= 4 is 45.7 Å². The number of hydrogen-bond donors (Lipinski definition) is 1. The standard InChI is InChI=1S/C33H31N3O6S2/c1-2-3-7-16-40-24-13-10-22(11-14-24)28-27(29(37)23-12-15-25-26(19-23)42-18-17-41-25)30(38)31(39)36(28)32-34-35-33(44-32)43-20-21-8-5-4-6-9-21/h4-6,8-15,19,28,37H,2-3,7,16-18,20H2,1H3/b29-27+. The molecule has 0 aliphatic carbocycles. The first-order valence-corrected chi connectivity index (χ1v) is 16.3. The highest BCUT2D eigenvalue weighted by Crippen LogP contribution is 2.45. The van der Waals surface area contributed by atoms with E-state index in [1.807, 2.05) is 54.6 Å². The van der Waals surface area contributed by atoms with Gasteiger partial charge in [0.15, 0.2) is 15.8 Å². The van der Waals surface area contributed by atoms with Gasteiger partial charge in [-0.2, -0.15) is 0 Å². The molecule has 1 fully saturated rings. The number of nitrogens with zero attached hydrogens (tertiary/aromatic N) is 3. The molecule has 0 bridgehead atoms.